The van der Waals surface area contributed by atoms with Crippen molar-refractivity contribution in [2.75, 3.05) is 31.5 Å². The molecule has 0 radical (unpaired) electrons. The fourth-order valence-electron chi connectivity index (χ4n) is 3.44. The van der Waals surface area contributed by atoms with Crippen LogP contribution in [0.25, 0.3) is 11.1 Å². The topological polar surface area (TPSA) is 70.4 Å². The molecular weight excluding hydrogens is 359 g/mol. The molecule has 2 N–H and O–H groups in total. The van der Waals surface area contributed by atoms with E-state index >= 15 is 0 Å². The monoisotopic (exact) mass is 382 g/mol. The van der Waals surface area contributed by atoms with Crippen LogP contribution in [0.2, 0.25) is 0 Å². The third-order valence-electron chi connectivity index (χ3n) is 5.03. The second-order valence-electron chi connectivity index (χ2n) is 7.01. The second-order valence-corrected chi connectivity index (χ2v) is 7.01. The van der Waals surface area contributed by atoms with E-state index in [-0.39, 0.29) is 11.7 Å². The number of likely N-dealkylation sites (tertiary alicyclic amines) is 1. The van der Waals surface area contributed by atoms with E-state index in [9.17, 15) is 9.18 Å². The first kappa shape index (κ1) is 18.4. The SMILES string of the molecule is O=C(NCCN1CCC(Nc2nc3ccccc3o2)CC1)c1ccc(F)cc1. The summed E-state index contributed by atoms with van der Waals surface area (Å²) in [6.07, 6.45) is 1.98. The maximum Gasteiger partial charge on any atom is 0.295 e. The Hall–Kier alpha value is -2.93. The van der Waals surface area contributed by atoms with Gasteiger partial charge in [0.1, 0.15) is 11.3 Å². The van der Waals surface area contributed by atoms with Crippen LogP contribution in [0, 0.1) is 5.82 Å². The molecule has 1 aliphatic heterocycles. The molecule has 1 saturated heterocycles. The van der Waals surface area contributed by atoms with Gasteiger partial charge in [0, 0.05) is 37.8 Å². The number of aromatic nitrogens is 1. The first-order valence-electron chi connectivity index (χ1n) is 9.55. The van der Waals surface area contributed by atoms with E-state index in [4.69, 9.17) is 4.42 Å². The Bertz CT molecular complexity index is 900. The van der Waals surface area contributed by atoms with Crippen molar-refractivity contribution >= 4 is 23.0 Å². The third-order valence-corrected chi connectivity index (χ3v) is 5.03. The Balaban J connectivity index is 1.19. The molecule has 2 heterocycles. The first-order chi connectivity index (χ1) is 13.7. The van der Waals surface area contributed by atoms with Crippen LogP contribution in [-0.2, 0) is 0 Å². The summed E-state index contributed by atoms with van der Waals surface area (Å²) in [5.41, 5.74) is 2.13. The minimum Gasteiger partial charge on any atom is -0.424 e. The average molecular weight is 382 g/mol. The van der Waals surface area contributed by atoms with E-state index < -0.39 is 0 Å². The molecule has 4 rings (SSSR count). The number of nitrogens with zero attached hydrogens (tertiary/aromatic N) is 2. The van der Waals surface area contributed by atoms with E-state index in [0.717, 1.165) is 43.6 Å². The molecule has 28 heavy (non-hydrogen) atoms. The normalized spacial score (nSPS) is 15.6. The molecule has 1 fully saturated rings. The average Bonchev–Trinajstić information content (AvgIpc) is 3.12. The van der Waals surface area contributed by atoms with E-state index in [2.05, 4.69) is 20.5 Å². The molecule has 6 nitrogen and oxygen atoms in total. The summed E-state index contributed by atoms with van der Waals surface area (Å²) in [5, 5.41) is 6.27. The molecule has 146 valence electrons. The summed E-state index contributed by atoms with van der Waals surface area (Å²) in [6, 6.07) is 14.2. The molecule has 0 bridgehead atoms. The fraction of sp³-hybridized carbons (Fsp3) is 0.333. The zero-order valence-corrected chi connectivity index (χ0v) is 15.5. The number of carbonyl (C=O) groups excluding carboxylic acids is 1. The van der Waals surface area contributed by atoms with Gasteiger partial charge >= 0.3 is 0 Å². The van der Waals surface area contributed by atoms with Crippen molar-refractivity contribution in [3.8, 4) is 0 Å². The van der Waals surface area contributed by atoms with Gasteiger partial charge in [0.05, 0.1) is 0 Å². The number of nitrogens with one attached hydrogen (secondary N) is 2. The lowest BCUT2D eigenvalue weighted by molar-refractivity contribution is 0.0946. The summed E-state index contributed by atoms with van der Waals surface area (Å²) in [6.45, 7) is 3.26. The lowest BCUT2D eigenvalue weighted by Gasteiger charge is -2.31. The van der Waals surface area contributed by atoms with Crippen LogP contribution >= 0.6 is 0 Å². The predicted octanol–water partition coefficient (Wildman–Crippen LogP) is 3.27. The van der Waals surface area contributed by atoms with Gasteiger partial charge in [-0.05, 0) is 49.2 Å². The van der Waals surface area contributed by atoms with Crippen molar-refractivity contribution in [3.63, 3.8) is 0 Å². The summed E-state index contributed by atoms with van der Waals surface area (Å²) in [7, 11) is 0. The second kappa shape index (κ2) is 8.39. The standard InChI is InChI=1S/C21H23FN4O2/c22-16-7-5-15(6-8-16)20(27)23-11-14-26-12-9-17(10-13-26)24-21-25-18-3-1-2-4-19(18)28-21/h1-8,17H,9-14H2,(H,23,27)(H,24,25). The Labute approximate surface area is 162 Å². The molecule has 3 aromatic rings. The van der Waals surface area contributed by atoms with Gasteiger partial charge in [-0.25, -0.2) is 4.39 Å². The highest BCUT2D eigenvalue weighted by atomic mass is 19.1. The van der Waals surface area contributed by atoms with Crippen molar-refractivity contribution in [2.24, 2.45) is 0 Å². The zero-order valence-electron chi connectivity index (χ0n) is 15.5. The Morgan fingerprint density at radius 2 is 1.89 bits per heavy atom. The van der Waals surface area contributed by atoms with Crippen LogP contribution in [0.15, 0.2) is 52.9 Å². The van der Waals surface area contributed by atoms with E-state index in [1.54, 1.807) is 0 Å². The highest BCUT2D eigenvalue weighted by Crippen LogP contribution is 2.21. The van der Waals surface area contributed by atoms with Crippen LogP contribution in [0.4, 0.5) is 10.4 Å². The molecule has 0 spiro atoms. The molecule has 0 atom stereocenters. The summed E-state index contributed by atoms with van der Waals surface area (Å²) in [5.74, 6) is -0.515. The molecular formula is C21H23FN4O2. The summed E-state index contributed by atoms with van der Waals surface area (Å²) < 4.78 is 18.6. The third kappa shape index (κ3) is 4.48. The number of anilines is 1. The summed E-state index contributed by atoms with van der Waals surface area (Å²) >= 11 is 0. The Morgan fingerprint density at radius 1 is 1.14 bits per heavy atom. The van der Waals surface area contributed by atoms with Crippen LogP contribution in [0.5, 0.6) is 0 Å². The minimum absolute atomic E-state index is 0.174. The van der Waals surface area contributed by atoms with Crippen molar-refractivity contribution < 1.29 is 13.6 Å². The van der Waals surface area contributed by atoms with Crippen molar-refractivity contribution in [3.05, 3.63) is 59.9 Å². The molecule has 1 aromatic heterocycles. The van der Waals surface area contributed by atoms with Gasteiger partial charge in [-0.15, -0.1) is 0 Å². The number of rotatable bonds is 6. The van der Waals surface area contributed by atoms with Crippen LogP contribution < -0.4 is 10.6 Å². The number of piperidine rings is 1. The van der Waals surface area contributed by atoms with Gasteiger partial charge in [0.2, 0.25) is 0 Å². The maximum absolute atomic E-state index is 12.9. The number of hydrogen-bond donors (Lipinski definition) is 2. The minimum atomic E-state index is -0.342. The van der Waals surface area contributed by atoms with Crippen molar-refractivity contribution in [2.45, 2.75) is 18.9 Å². The van der Waals surface area contributed by atoms with E-state index in [1.165, 1.54) is 24.3 Å². The quantitative estimate of drug-likeness (QED) is 0.685. The number of fused-ring (bicyclic) bond motifs is 1. The highest BCUT2D eigenvalue weighted by molar-refractivity contribution is 5.94. The number of amides is 1. The van der Waals surface area contributed by atoms with Gasteiger partial charge in [0.25, 0.3) is 11.9 Å². The van der Waals surface area contributed by atoms with Gasteiger partial charge in [0.15, 0.2) is 5.58 Å². The van der Waals surface area contributed by atoms with Crippen molar-refractivity contribution in [1.29, 1.82) is 0 Å². The van der Waals surface area contributed by atoms with Gasteiger partial charge in [-0.1, -0.05) is 12.1 Å². The molecule has 1 aliphatic rings. The lowest BCUT2D eigenvalue weighted by atomic mass is 10.1. The molecule has 1 amide bonds. The number of para-hydroxylation sites is 2. The predicted molar refractivity (Wildman–Crippen MR) is 106 cm³/mol. The van der Waals surface area contributed by atoms with Crippen LogP contribution in [-0.4, -0.2) is 48.0 Å². The highest BCUT2D eigenvalue weighted by Gasteiger charge is 2.20. The van der Waals surface area contributed by atoms with E-state index in [0.29, 0.717) is 24.2 Å². The number of benzene rings is 2. The van der Waals surface area contributed by atoms with Crippen LogP contribution in [0.1, 0.15) is 23.2 Å². The van der Waals surface area contributed by atoms with Crippen LogP contribution in [0.3, 0.4) is 0 Å². The van der Waals surface area contributed by atoms with Gasteiger partial charge in [-0.3, -0.25) is 4.79 Å². The number of oxazole rings is 1. The first-order valence-corrected chi connectivity index (χ1v) is 9.55. The van der Waals surface area contributed by atoms with E-state index in [1.807, 2.05) is 24.3 Å². The Kier molecular flexibility index (Phi) is 5.53. The molecule has 0 aliphatic carbocycles. The molecule has 0 saturated carbocycles. The number of halogens is 1. The van der Waals surface area contributed by atoms with Crippen molar-refractivity contribution in [1.82, 2.24) is 15.2 Å². The van der Waals surface area contributed by atoms with Gasteiger partial charge in [-0.2, -0.15) is 4.98 Å². The fourth-order valence-corrected chi connectivity index (χ4v) is 3.44. The van der Waals surface area contributed by atoms with Gasteiger partial charge < -0.3 is 20.0 Å². The maximum atomic E-state index is 12.9. The Morgan fingerprint density at radius 3 is 2.64 bits per heavy atom. The smallest absolute Gasteiger partial charge is 0.295 e. The molecule has 7 heteroatoms. The number of carbonyl (C=O) groups is 1. The molecule has 2 aromatic carbocycles. The lowest BCUT2D eigenvalue weighted by Crippen LogP contribution is -2.42. The molecule has 0 unspecified atom stereocenters. The summed E-state index contributed by atoms with van der Waals surface area (Å²) in [4.78, 5) is 18.8. The zero-order chi connectivity index (χ0) is 19.3. The largest absolute Gasteiger partial charge is 0.424 e. The number of hydrogen-bond acceptors (Lipinski definition) is 5.